The number of rotatable bonds is 3. The molecule has 0 radical (unpaired) electrons. The van der Waals surface area contributed by atoms with Crippen molar-refractivity contribution >= 4 is 40.0 Å². The first-order valence-electron chi connectivity index (χ1n) is 9.56. The van der Waals surface area contributed by atoms with E-state index in [9.17, 15) is 4.79 Å². The summed E-state index contributed by atoms with van der Waals surface area (Å²) in [6.07, 6.45) is 0. The zero-order valence-electron chi connectivity index (χ0n) is 16.9. The SMILES string of the molecule is Cc1ccc2nc(-c3ccc(NC(=S)NC(=O)c4ccc(C)c(C)c4)cc3)oc2c1. The average Bonchev–Trinajstić information content (AvgIpc) is 3.13. The number of oxazole rings is 1. The van der Waals surface area contributed by atoms with Gasteiger partial charge >= 0.3 is 0 Å². The first-order valence-corrected chi connectivity index (χ1v) is 9.97. The van der Waals surface area contributed by atoms with E-state index in [1.54, 1.807) is 6.07 Å². The minimum Gasteiger partial charge on any atom is -0.436 e. The zero-order valence-corrected chi connectivity index (χ0v) is 17.8. The largest absolute Gasteiger partial charge is 0.436 e. The normalized spacial score (nSPS) is 10.8. The Kier molecular flexibility index (Phi) is 5.33. The molecular formula is C24H21N3O2S. The van der Waals surface area contributed by atoms with Crippen LogP contribution in [0.2, 0.25) is 0 Å². The van der Waals surface area contributed by atoms with Crippen molar-refractivity contribution in [2.75, 3.05) is 5.32 Å². The molecule has 6 heteroatoms. The maximum Gasteiger partial charge on any atom is 0.257 e. The van der Waals surface area contributed by atoms with Crippen LogP contribution in [0.3, 0.4) is 0 Å². The molecule has 0 atom stereocenters. The highest BCUT2D eigenvalue weighted by Crippen LogP contribution is 2.26. The Morgan fingerprint density at radius 3 is 2.43 bits per heavy atom. The molecule has 4 rings (SSSR count). The van der Waals surface area contributed by atoms with Crippen molar-refractivity contribution in [2.24, 2.45) is 0 Å². The van der Waals surface area contributed by atoms with Crippen LogP contribution in [0.5, 0.6) is 0 Å². The molecular weight excluding hydrogens is 394 g/mol. The monoisotopic (exact) mass is 415 g/mol. The van der Waals surface area contributed by atoms with E-state index in [0.717, 1.165) is 39.0 Å². The lowest BCUT2D eigenvalue weighted by molar-refractivity contribution is 0.0977. The number of aromatic nitrogens is 1. The lowest BCUT2D eigenvalue weighted by Crippen LogP contribution is -2.34. The van der Waals surface area contributed by atoms with Gasteiger partial charge in [-0.2, -0.15) is 0 Å². The molecule has 1 heterocycles. The third-order valence-electron chi connectivity index (χ3n) is 4.93. The molecule has 0 spiro atoms. The maximum absolute atomic E-state index is 12.4. The Hall–Kier alpha value is -3.51. The fraction of sp³-hybridized carbons (Fsp3) is 0.125. The van der Waals surface area contributed by atoms with Crippen molar-refractivity contribution in [1.82, 2.24) is 10.3 Å². The van der Waals surface area contributed by atoms with Crippen LogP contribution in [0.15, 0.2) is 65.1 Å². The molecule has 0 unspecified atom stereocenters. The van der Waals surface area contributed by atoms with E-state index in [1.807, 2.05) is 75.4 Å². The van der Waals surface area contributed by atoms with Gasteiger partial charge in [-0.05, 0) is 98.2 Å². The number of benzene rings is 3. The van der Waals surface area contributed by atoms with Gasteiger partial charge in [0.15, 0.2) is 10.7 Å². The molecule has 2 N–H and O–H groups in total. The van der Waals surface area contributed by atoms with Gasteiger partial charge in [0.2, 0.25) is 5.89 Å². The number of nitrogens with one attached hydrogen (secondary N) is 2. The first kappa shape index (κ1) is 19.8. The highest BCUT2D eigenvalue weighted by Gasteiger charge is 2.11. The summed E-state index contributed by atoms with van der Waals surface area (Å²) in [7, 11) is 0. The standard InChI is InChI=1S/C24H21N3O2S/c1-14-4-11-20-21(12-14)29-23(26-20)17-7-9-19(10-8-17)25-24(30)27-22(28)18-6-5-15(2)16(3)13-18/h4-13H,1-3H3,(H2,25,27,28,30). The predicted octanol–water partition coefficient (Wildman–Crippen LogP) is 5.55. The van der Waals surface area contributed by atoms with Crippen LogP contribution in [0.1, 0.15) is 27.0 Å². The second-order valence-corrected chi connectivity index (χ2v) is 7.68. The number of hydrogen-bond donors (Lipinski definition) is 2. The molecule has 150 valence electrons. The van der Waals surface area contributed by atoms with Gasteiger partial charge in [-0.1, -0.05) is 12.1 Å². The van der Waals surface area contributed by atoms with E-state index in [-0.39, 0.29) is 11.0 Å². The maximum atomic E-state index is 12.4. The van der Waals surface area contributed by atoms with Gasteiger partial charge in [0, 0.05) is 16.8 Å². The smallest absolute Gasteiger partial charge is 0.257 e. The summed E-state index contributed by atoms with van der Waals surface area (Å²) >= 11 is 5.28. The second-order valence-electron chi connectivity index (χ2n) is 7.27. The topological polar surface area (TPSA) is 67.2 Å². The highest BCUT2D eigenvalue weighted by atomic mass is 32.1. The summed E-state index contributed by atoms with van der Waals surface area (Å²) in [5.41, 5.74) is 7.11. The van der Waals surface area contributed by atoms with Crippen molar-refractivity contribution in [3.8, 4) is 11.5 Å². The number of hydrogen-bond acceptors (Lipinski definition) is 4. The van der Waals surface area contributed by atoms with Crippen LogP contribution >= 0.6 is 12.2 Å². The van der Waals surface area contributed by atoms with Gasteiger partial charge in [-0.25, -0.2) is 4.98 Å². The summed E-state index contributed by atoms with van der Waals surface area (Å²) in [5.74, 6) is 0.321. The van der Waals surface area contributed by atoms with E-state index >= 15 is 0 Å². The molecule has 0 aliphatic heterocycles. The molecule has 4 aromatic rings. The lowest BCUT2D eigenvalue weighted by Gasteiger charge is -2.10. The molecule has 3 aromatic carbocycles. The van der Waals surface area contributed by atoms with Gasteiger partial charge in [0.05, 0.1) is 0 Å². The molecule has 0 saturated carbocycles. The van der Waals surface area contributed by atoms with Crippen LogP contribution in [0, 0.1) is 20.8 Å². The third-order valence-corrected chi connectivity index (χ3v) is 5.13. The van der Waals surface area contributed by atoms with E-state index in [2.05, 4.69) is 15.6 Å². The number of carbonyl (C=O) groups is 1. The van der Waals surface area contributed by atoms with E-state index in [1.165, 1.54) is 0 Å². The van der Waals surface area contributed by atoms with E-state index in [4.69, 9.17) is 16.6 Å². The minimum absolute atomic E-state index is 0.239. The van der Waals surface area contributed by atoms with Crippen LogP contribution in [0.4, 0.5) is 5.69 Å². The van der Waals surface area contributed by atoms with Gasteiger partial charge in [0.1, 0.15) is 5.52 Å². The number of anilines is 1. The Morgan fingerprint density at radius 2 is 1.70 bits per heavy atom. The Balaban J connectivity index is 1.42. The van der Waals surface area contributed by atoms with Crippen molar-refractivity contribution in [1.29, 1.82) is 0 Å². The lowest BCUT2D eigenvalue weighted by atomic mass is 10.1. The molecule has 0 aliphatic carbocycles. The van der Waals surface area contributed by atoms with Crippen LogP contribution in [-0.2, 0) is 0 Å². The summed E-state index contributed by atoms with van der Waals surface area (Å²) in [5, 5.41) is 5.98. The van der Waals surface area contributed by atoms with Crippen LogP contribution < -0.4 is 10.6 Å². The summed E-state index contributed by atoms with van der Waals surface area (Å²) in [4.78, 5) is 16.9. The van der Waals surface area contributed by atoms with Crippen molar-refractivity contribution < 1.29 is 9.21 Å². The molecule has 0 fully saturated rings. The zero-order chi connectivity index (χ0) is 21.3. The molecule has 30 heavy (non-hydrogen) atoms. The molecule has 0 aliphatic rings. The van der Waals surface area contributed by atoms with Crippen LogP contribution in [-0.4, -0.2) is 16.0 Å². The van der Waals surface area contributed by atoms with Gasteiger partial charge in [0.25, 0.3) is 5.91 Å². The second kappa shape index (κ2) is 8.08. The van der Waals surface area contributed by atoms with Crippen LogP contribution in [0.25, 0.3) is 22.6 Å². The quantitative estimate of drug-likeness (QED) is 0.430. The number of thiocarbonyl (C=S) groups is 1. The molecule has 0 bridgehead atoms. The third kappa shape index (κ3) is 4.23. The number of amides is 1. The van der Waals surface area contributed by atoms with E-state index in [0.29, 0.717) is 11.5 Å². The molecule has 0 saturated heterocycles. The van der Waals surface area contributed by atoms with Gasteiger partial charge in [-0.3, -0.25) is 10.1 Å². The van der Waals surface area contributed by atoms with Gasteiger partial charge in [-0.15, -0.1) is 0 Å². The molecule has 1 amide bonds. The summed E-state index contributed by atoms with van der Waals surface area (Å²) in [6, 6.07) is 19.0. The Labute approximate surface area is 180 Å². The number of carbonyl (C=O) groups excluding carboxylic acids is 1. The number of aryl methyl sites for hydroxylation is 3. The summed E-state index contributed by atoms with van der Waals surface area (Å²) in [6.45, 7) is 6.00. The van der Waals surface area contributed by atoms with Crippen molar-refractivity contribution in [3.63, 3.8) is 0 Å². The Morgan fingerprint density at radius 1 is 0.933 bits per heavy atom. The van der Waals surface area contributed by atoms with Crippen molar-refractivity contribution in [2.45, 2.75) is 20.8 Å². The molecule has 5 nitrogen and oxygen atoms in total. The number of nitrogens with zero attached hydrogens (tertiary/aromatic N) is 1. The highest BCUT2D eigenvalue weighted by molar-refractivity contribution is 7.80. The minimum atomic E-state index is -0.242. The fourth-order valence-electron chi connectivity index (χ4n) is 3.07. The summed E-state index contributed by atoms with van der Waals surface area (Å²) < 4.78 is 5.86. The van der Waals surface area contributed by atoms with Crippen molar-refractivity contribution in [3.05, 3.63) is 82.9 Å². The number of fused-ring (bicyclic) bond motifs is 1. The fourth-order valence-corrected chi connectivity index (χ4v) is 3.28. The van der Waals surface area contributed by atoms with Gasteiger partial charge < -0.3 is 9.73 Å². The average molecular weight is 416 g/mol. The molecule has 1 aromatic heterocycles. The van der Waals surface area contributed by atoms with E-state index < -0.39 is 0 Å². The Bertz CT molecular complexity index is 1260. The predicted molar refractivity (Wildman–Crippen MR) is 124 cm³/mol. The first-order chi connectivity index (χ1) is 14.4.